The Balaban J connectivity index is 1.76. The van der Waals surface area contributed by atoms with Crippen LogP contribution in [0, 0.1) is 18.8 Å². The summed E-state index contributed by atoms with van der Waals surface area (Å²) in [6.45, 7) is 6.10. The van der Waals surface area contributed by atoms with Gasteiger partial charge in [-0.3, -0.25) is 4.79 Å². The fraction of sp³-hybridized carbons (Fsp3) is 0.733. The number of nitrogens with zero attached hydrogens (tertiary/aromatic N) is 2. The smallest absolute Gasteiger partial charge is 0.226 e. The molecule has 2 unspecified atom stereocenters. The Bertz CT molecular complexity index is 509. The molecule has 1 aliphatic carbocycles. The van der Waals surface area contributed by atoms with Crippen LogP contribution < -0.4 is 5.32 Å². The van der Waals surface area contributed by atoms with Gasteiger partial charge in [0.1, 0.15) is 0 Å². The zero-order chi connectivity index (χ0) is 14.3. The van der Waals surface area contributed by atoms with Gasteiger partial charge >= 0.3 is 0 Å². The number of fused-ring (bicyclic) bond motifs is 1. The van der Waals surface area contributed by atoms with Crippen LogP contribution in [0.1, 0.15) is 41.4 Å². The van der Waals surface area contributed by atoms with E-state index in [4.69, 9.17) is 0 Å². The summed E-state index contributed by atoms with van der Waals surface area (Å²) in [7, 11) is 1.97. The van der Waals surface area contributed by atoms with E-state index < -0.39 is 0 Å². The molecule has 2 aliphatic rings. The van der Waals surface area contributed by atoms with Gasteiger partial charge in [0, 0.05) is 13.0 Å². The molecule has 1 fully saturated rings. The first-order chi connectivity index (χ1) is 9.58. The molecule has 0 bridgehead atoms. The Labute approximate surface area is 124 Å². The highest BCUT2D eigenvalue weighted by Crippen LogP contribution is 2.38. The molecule has 3 rings (SSSR count). The molecule has 20 heavy (non-hydrogen) atoms. The SMILES string of the molecule is Cc1nc2c(s1)C(N(C)C(=O)C(C)C1CNC1)CCC2. The Kier molecular flexibility index (Phi) is 3.82. The lowest BCUT2D eigenvalue weighted by Crippen LogP contribution is -2.50. The van der Waals surface area contributed by atoms with Crippen LogP contribution in [-0.4, -0.2) is 35.9 Å². The zero-order valence-corrected chi connectivity index (χ0v) is 13.3. The van der Waals surface area contributed by atoms with Crippen molar-refractivity contribution in [2.45, 2.75) is 39.2 Å². The fourth-order valence-electron chi connectivity index (χ4n) is 3.23. The lowest BCUT2D eigenvalue weighted by atomic mass is 9.87. The van der Waals surface area contributed by atoms with Crippen LogP contribution in [0.4, 0.5) is 0 Å². The molecule has 1 aromatic rings. The molecule has 1 N–H and O–H groups in total. The molecule has 1 aromatic heterocycles. The minimum Gasteiger partial charge on any atom is -0.338 e. The van der Waals surface area contributed by atoms with Gasteiger partial charge in [0.05, 0.1) is 21.6 Å². The van der Waals surface area contributed by atoms with Gasteiger partial charge in [-0.05, 0) is 45.2 Å². The van der Waals surface area contributed by atoms with Gasteiger partial charge in [-0.25, -0.2) is 4.98 Å². The molecule has 1 aliphatic heterocycles. The highest BCUT2D eigenvalue weighted by molar-refractivity contribution is 7.11. The summed E-state index contributed by atoms with van der Waals surface area (Å²) in [5.74, 6) is 0.928. The number of hydrogen-bond acceptors (Lipinski definition) is 4. The number of carbonyl (C=O) groups excluding carboxylic acids is 1. The molecular formula is C15H23N3OS. The lowest BCUT2D eigenvalue weighted by Gasteiger charge is -2.37. The number of nitrogens with one attached hydrogen (secondary N) is 1. The maximum Gasteiger partial charge on any atom is 0.226 e. The second-order valence-corrected chi connectivity index (χ2v) is 7.34. The Morgan fingerprint density at radius 1 is 1.50 bits per heavy atom. The van der Waals surface area contributed by atoms with E-state index in [2.05, 4.69) is 24.1 Å². The summed E-state index contributed by atoms with van der Waals surface area (Å²) in [6, 6.07) is 0.243. The number of hydrogen-bond donors (Lipinski definition) is 1. The Morgan fingerprint density at radius 3 is 2.90 bits per heavy atom. The Hall–Kier alpha value is -0.940. The van der Waals surface area contributed by atoms with Crippen LogP contribution in [0.5, 0.6) is 0 Å². The van der Waals surface area contributed by atoms with Gasteiger partial charge in [-0.1, -0.05) is 6.92 Å². The quantitative estimate of drug-likeness (QED) is 0.929. The maximum atomic E-state index is 12.7. The van der Waals surface area contributed by atoms with Crippen molar-refractivity contribution in [3.05, 3.63) is 15.6 Å². The summed E-state index contributed by atoms with van der Waals surface area (Å²) < 4.78 is 0. The molecule has 5 heteroatoms. The maximum absolute atomic E-state index is 12.7. The molecule has 1 saturated heterocycles. The topological polar surface area (TPSA) is 45.2 Å². The van der Waals surface area contributed by atoms with E-state index in [-0.39, 0.29) is 12.0 Å². The highest BCUT2D eigenvalue weighted by atomic mass is 32.1. The van der Waals surface area contributed by atoms with Crippen LogP contribution in [0.3, 0.4) is 0 Å². The predicted molar refractivity (Wildman–Crippen MR) is 80.8 cm³/mol. The first-order valence-electron chi connectivity index (χ1n) is 7.51. The van der Waals surface area contributed by atoms with Crippen molar-refractivity contribution >= 4 is 17.2 Å². The van der Waals surface area contributed by atoms with Crippen LogP contribution >= 0.6 is 11.3 Å². The third kappa shape index (κ3) is 2.37. The molecule has 4 nitrogen and oxygen atoms in total. The monoisotopic (exact) mass is 293 g/mol. The van der Waals surface area contributed by atoms with E-state index in [1.165, 1.54) is 10.6 Å². The zero-order valence-electron chi connectivity index (χ0n) is 12.5. The van der Waals surface area contributed by atoms with Crippen LogP contribution in [0.25, 0.3) is 0 Å². The van der Waals surface area contributed by atoms with Gasteiger partial charge in [0.25, 0.3) is 0 Å². The van der Waals surface area contributed by atoms with E-state index in [0.29, 0.717) is 11.8 Å². The van der Waals surface area contributed by atoms with Crippen LogP contribution in [0.2, 0.25) is 0 Å². The van der Waals surface area contributed by atoms with Crippen molar-refractivity contribution in [2.24, 2.45) is 11.8 Å². The summed E-state index contributed by atoms with van der Waals surface area (Å²) >= 11 is 1.77. The van der Waals surface area contributed by atoms with E-state index in [9.17, 15) is 4.79 Å². The van der Waals surface area contributed by atoms with Crippen molar-refractivity contribution < 1.29 is 4.79 Å². The minimum atomic E-state index is 0.126. The van der Waals surface area contributed by atoms with E-state index >= 15 is 0 Å². The Morgan fingerprint density at radius 2 is 2.25 bits per heavy atom. The standard InChI is InChI=1S/C15H23N3OS/c1-9(11-7-16-8-11)15(19)18(3)13-6-4-5-12-14(13)20-10(2)17-12/h9,11,13,16H,4-8H2,1-3H3. The average molecular weight is 293 g/mol. The van der Waals surface area contributed by atoms with Gasteiger partial charge in [-0.15, -0.1) is 11.3 Å². The second-order valence-electron chi connectivity index (χ2n) is 6.11. The van der Waals surface area contributed by atoms with Crippen molar-refractivity contribution in [1.82, 2.24) is 15.2 Å². The number of amides is 1. The number of carbonyl (C=O) groups is 1. The van der Waals surface area contributed by atoms with Crippen LogP contribution in [-0.2, 0) is 11.2 Å². The van der Waals surface area contributed by atoms with Gasteiger partial charge in [0.15, 0.2) is 0 Å². The van der Waals surface area contributed by atoms with E-state index in [1.54, 1.807) is 11.3 Å². The largest absolute Gasteiger partial charge is 0.338 e. The molecule has 0 radical (unpaired) electrons. The van der Waals surface area contributed by atoms with Crippen molar-refractivity contribution in [1.29, 1.82) is 0 Å². The normalized spacial score (nSPS) is 23.9. The molecular weight excluding hydrogens is 270 g/mol. The fourth-order valence-corrected chi connectivity index (χ4v) is 4.38. The van der Waals surface area contributed by atoms with E-state index in [1.807, 2.05) is 11.9 Å². The lowest BCUT2D eigenvalue weighted by molar-refractivity contribution is -0.138. The summed E-state index contributed by atoms with van der Waals surface area (Å²) in [4.78, 5) is 20.6. The molecule has 0 saturated carbocycles. The number of aryl methyl sites for hydroxylation is 2. The molecule has 1 amide bonds. The number of rotatable bonds is 3. The minimum absolute atomic E-state index is 0.126. The molecule has 110 valence electrons. The number of thiazole rings is 1. The molecule has 0 spiro atoms. The van der Waals surface area contributed by atoms with Gasteiger partial charge < -0.3 is 10.2 Å². The first-order valence-corrected chi connectivity index (χ1v) is 8.33. The highest BCUT2D eigenvalue weighted by Gasteiger charge is 2.35. The molecule has 2 atom stereocenters. The average Bonchev–Trinajstić information content (AvgIpc) is 2.74. The summed E-state index contributed by atoms with van der Waals surface area (Å²) in [5, 5.41) is 4.38. The summed E-state index contributed by atoms with van der Waals surface area (Å²) in [6.07, 6.45) is 3.28. The van der Waals surface area contributed by atoms with Crippen molar-refractivity contribution in [2.75, 3.05) is 20.1 Å². The van der Waals surface area contributed by atoms with Gasteiger partial charge in [0.2, 0.25) is 5.91 Å². The molecule has 2 heterocycles. The third-order valence-electron chi connectivity index (χ3n) is 4.75. The second kappa shape index (κ2) is 5.45. The van der Waals surface area contributed by atoms with Crippen molar-refractivity contribution in [3.8, 4) is 0 Å². The van der Waals surface area contributed by atoms with E-state index in [0.717, 1.165) is 37.4 Å². The van der Waals surface area contributed by atoms with Gasteiger partial charge in [-0.2, -0.15) is 0 Å². The van der Waals surface area contributed by atoms with Crippen LogP contribution in [0.15, 0.2) is 0 Å². The molecule has 0 aromatic carbocycles. The van der Waals surface area contributed by atoms with Crippen molar-refractivity contribution in [3.63, 3.8) is 0 Å². The first kappa shape index (κ1) is 14.0. The predicted octanol–water partition coefficient (Wildman–Crippen LogP) is 2.14. The summed E-state index contributed by atoms with van der Waals surface area (Å²) in [5.41, 5.74) is 1.22. The number of aromatic nitrogens is 1. The third-order valence-corrected chi connectivity index (χ3v) is 5.87.